The Morgan fingerprint density at radius 1 is 1.17 bits per heavy atom. The van der Waals surface area contributed by atoms with Gasteiger partial charge in [0.25, 0.3) is 17.2 Å². The number of aryl methyl sites for hydroxylation is 1. The Hall–Kier alpha value is -4.24. The van der Waals surface area contributed by atoms with E-state index in [1.807, 2.05) is 19.1 Å². The minimum Gasteiger partial charge on any atom is -0.495 e. The number of nitro groups is 1. The molecule has 0 aliphatic heterocycles. The number of hydrogen-bond donors (Lipinski definition) is 0. The topological polar surface area (TPSA) is 108 Å². The van der Waals surface area contributed by atoms with Gasteiger partial charge in [-0.25, -0.2) is 4.98 Å². The fourth-order valence-electron chi connectivity index (χ4n) is 3.97. The second kappa shape index (κ2) is 9.79. The van der Waals surface area contributed by atoms with E-state index >= 15 is 0 Å². The first kappa shape index (κ1) is 24.9. The van der Waals surface area contributed by atoms with Gasteiger partial charge in [-0.15, -0.1) is 0 Å². The summed E-state index contributed by atoms with van der Waals surface area (Å²) in [5, 5.41) is 11.4. The van der Waals surface area contributed by atoms with Gasteiger partial charge in [-0.2, -0.15) is 0 Å². The zero-order chi connectivity index (χ0) is 26.1. The number of carbonyl (C=O) groups excluding carboxylic acids is 1. The van der Waals surface area contributed by atoms with E-state index in [1.165, 1.54) is 28.7 Å². The van der Waals surface area contributed by atoms with Gasteiger partial charge in [-0.3, -0.25) is 24.3 Å². The van der Waals surface area contributed by atoms with Crippen molar-refractivity contribution in [3.05, 3.63) is 103 Å². The lowest BCUT2D eigenvalue weighted by molar-refractivity contribution is -0.384. The summed E-state index contributed by atoms with van der Waals surface area (Å²) >= 11 is 6.21. The third kappa shape index (κ3) is 4.40. The first-order chi connectivity index (χ1) is 17.1. The molecule has 9 nitrogen and oxygen atoms in total. The van der Waals surface area contributed by atoms with Crippen LogP contribution >= 0.6 is 11.6 Å². The Morgan fingerprint density at radius 3 is 2.56 bits per heavy atom. The Bertz CT molecular complexity index is 1570. The molecule has 0 saturated heterocycles. The highest BCUT2D eigenvalue weighted by atomic mass is 35.5. The van der Waals surface area contributed by atoms with Crippen LogP contribution in [0.2, 0.25) is 5.02 Å². The highest BCUT2D eigenvalue weighted by molar-refractivity contribution is 6.34. The van der Waals surface area contributed by atoms with Gasteiger partial charge in [0.2, 0.25) is 0 Å². The van der Waals surface area contributed by atoms with E-state index in [1.54, 1.807) is 44.3 Å². The lowest BCUT2D eigenvalue weighted by Crippen LogP contribution is -2.35. The average molecular weight is 507 g/mol. The van der Waals surface area contributed by atoms with Crippen molar-refractivity contribution in [2.24, 2.45) is 0 Å². The molecule has 1 amide bonds. The number of nitrogens with zero attached hydrogens (tertiary/aromatic N) is 4. The standard InChI is InChI=1S/C26H23ClN4O5/c1-15-9-12-23(36-4)22(13-15)30-24(28-21-8-6-5-7-19(21)26(30)33)16(2)29(3)25(32)18-11-10-17(31(34)35)14-20(18)27/h5-14,16H,1-4H3. The molecule has 0 spiro atoms. The predicted molar refractivity (Wildman–Crippen MR) is 137 cm³/mol. The number of amides is 1. The number of non-ortho nitro benzene ring substituents is 1. The normalized spacial score (nSPS) is 11.8. The van der Waals surface area contributed by atoms with Crippen molar-refractivity contribution in [3.63, 3.8) is 0 Å². The number of benzene rings is 3. The molecule has 0 aliphatic carbocycles. The van der Waals surface area contributed by atoms with Crippen LogP contribution in [0.5, 0.6) is 5.75 Å². The predicted octanol–water partition coefficient (Wildman–Crippen LogP) is 5.10. The van der Waals surface area contributed by atoms with Crippen LogP contribution in [0.4, 0.5) is 5.69 Å². The molecule has 1 unspecified atom stereocenters. The quantitative estimate of drug-likeness (QED) is 0.266. The first-order valence-corrected chi connectivity index (χ1v) is 11.4. The molecule has 184 valence electrons. The van der Waals surface area contributed by atoms with E-state index in [-0.39, 0.29) is 21.8 Å². The lowest BCUT2D eigenvalue weighted by Gasteiger charge is -2.28. The van der Waals surface area contributed by atoms with Crippen molar-refractivity contribution in [1.82, 2.24) is 14.5 Å². The summed E-state index contributed by atoms with van der Waals surface area (Å²) in [6.45, 7) is 3.64. The number of fused-ring (bicyclic) bond motifs is 1. The SMILES string of the molecule is COc1ccc(C)cc1-n1c(C(C)N(C)C(=O)c2ccc([N+](=O)[O-])cc2Cl)nc2ccccc2c1=O. The number of halogens is 1. The molecular weight excluding hydrogens is 484 g/mol. The van der Waals surface area contributed by atoms with Gasteiger partial charge in [-0.1, -0.05) is 29.8 Å². The molecular formula is C26H23ClN4O5. The average Bonchev–Trinajstić information content (AvgIpc) is 2.87. The molecule has 0 bridgehead atoms. The van der Waals surface area contributed by atoms with Crippen molar-refractivity contribution in [2.45, 2.75) is 19.9 Å². The van der Waals surface area contributed by atoms with Crippen LogP contribution in [-0.2, 0) is 0 Å². The fourth-order valence-corrected chi connectivity index (χ4v) is 4.22. The molecule has 1 heterocycles. The maximum absolute atomic E-state index is 13.7. The molecule has 4 rings (SSSR count). The zero-order valence-electron chi connectivity index (χ0n) is 20.1. The maximum atomic E-state index is 13.7. The third-order valence-electron chi connectivity index (χ3n) is 6.05. The molecule has 1 aromatic heterocycles. The second-order valence-corrected chi connectivity index (χ2v) is 8.72. The maximum Gasteiger partial charge on any atom is 0.270 e. The number of nitro benzene ring substituents is 1. The number of carbonyl (C=O) groups is 1. The van der Waals surface area contributed by atoms with Gasteiger partial charge < -0.3 is 9.64 Å². The molecule has 4 aromatic rings. The molecule has 1 atom stereocenters. The largest absolute Gasteiger partial charge is 0.495 e. The van der Waals surface area contributed by atoms with Gasteiger partial charge >= 0.3 is 0 Å². The Balaban J connectivity index is 1.89. The lowest BCUT2D eigenvalue weighted by atomic mass is 10.1. The van der Waals surface area contributed by atoms with Crippen molar-refractivity contribution >= 4 is 34.1 Å². The van der Waals surface area contributed by atoms with E-state index < -0.39 is 16.9 Å². The molecule has 0 saturated carbocycles. The molecule has 0 N–H and O–H groups in total. The van der Waals surface area contributed by atoms with Gasteiger partial charge in [0.15, 0.2) is 0 Å². The summed E-state index contributed by atoms with van der Waals surface area (Å²) in [5.74, 6) is 0.310. The van der Waals surface area contributed by atoms with Crippen LogP contribution in [-0.4, -0.2) is 39.4 Å². The third-order valence-corrected chi connectivity index (χ3v) is 6.36. The van der Waals surface area contributed by atoms with E-state index in [9.17, 15) is 19.7 Å². The van der Waals surface area contributed by atoms with E-state index in [4.69, 9.17) is 21.3 Å². The summed E-state index contributed by atoms with van der Waals surface area (Å²) in [4.78, 5) is 43.7. The number of methoxy groups -OCH3 is 1. The monoisotopic (exact) mass is 506 g/mol. The van der Waals surface area contributed by atoms with Gasteiger partial charge in [0, 0.05) is 19.2 Å². The zero-order valence-corrected chi connectivity index (χ0v) is 20.8. The molecule has 36 heavy (non-hydrogen) atoms. The molecule has 0 radical (unpaired) electrons. The minimum absolute atomic E-state index is 0.0440. The number of rotatable bonds is 6. The Kier molecular flexibility index (Phi) is 6.76. The summed E-state index contributed by atoms with van der Waals surface area (Å²) in [7, 11) is 3.08. The van der Waals surface area contributed by atoms with E-state index in [2.05, 4.69) is 0 Å². The van der Waals surface area contributed by atoms with Crippen molar-refractivity contribution in [2.75, 3.05) is 14.2 Å². The van der Waals surface area contributed by atoms with Gasteiger partial charge in [0.05, 0.1) is 45.3 Å². The minimum atomic E-state index is -0.689. The summed E-state index contributed by atoms with van der Waals surface area (Å²) in [6.07, 6.45) is 0. The van der Waals surface area contributed by atoms with Crippen LogP contribution < -0.4 is 10.3 Å². The molecule has 3 aromatic carbocycles. The molecule has 0 aliphatic rings. The smallest absolute Gasteiger partial charge is 0.270 e. The first-order valence-electron chi connectivity index (χ1n) is 11.0. The second-order valence-electron chi connectivity index (χ2n) is 8.32. The molecule has 10 heteroatoms. The summed E-state index contributed by atoms with van der Waals surface area (Å²) in [5.41, 5.74) is 1.47. The number of hydrogen-bond acceptors (Lipinski definition) is 6. The van der Waals surface area contributed by atoms with Crippen LogP contribution in [0, 0.1) is 17.0 Å². The number of para-hydroxylation sites is 1. The Morgan fingerprint density at radius 2 is 1.89 bits per heavy atom. The highest BCUT2D eigenvalue weighted by Gasteiger charge is 2.27. The summed E-state index contributed by atoms with van der Waals surface area (Å²) in [6, 6.07) is 15.4. The van der Waals surface area contributed by atoms with E-state index in [0.29, 0.717) is 28.2 Å². The van der Waals surface area contributed by atoms with Gasteiger partial charge in [0.1, 0.15) is 11.6 Å². The number of aromatic nitrogens is 2. The fraction of sp³-hybridized carbons (Fsp3) is 0.192. The van der Waals surface area contributed by atoms with Crippen molar-refractivity contribution in [1.29, 1.82) is 0 Å². The van der Waals surface area contributed by atoms with Crippen molar-refractivity contribution in [3.8, 4) is 11.4 Å². The van der Waals surface area contributed by atoms with Crippen LogP contribution in [0.15, 0.2) is 65.5 Å². The highest BCUT2D eigenvalue weighted by Crippen LogP contribution is 2.30. The van der Waals surface area contributed by atoms with Crippen LogP contribution in [0.3, 0.4) is 0 Å². The van der Waals surface area contributed by atoms with Crippen molar-refractivity contribution < 1.29 is 14.5 Å². The van der Waals surface area contributed by atoms with Gasteiger partial charge in [-0.05, 0) is 49.7 Å². The number of ether oxygens (including phenoxy) is 1. The van der Waals surface area contributed by atoms with Crippen LogP contribution in [0.1, 0.15) is 34.7 Å². The van der Waals surface area contributed by atoms with Crippen LogP contribution in [0.25, 0.3) is 16.6 Å². The summed E-state index contributed by atoms with van der Waals surface area (Å²) < 4.78 is 7.00. The Labute approximate surface area is 211 Å². The van der Waals surface area contributed by atoms with E-state index in [0.717, 1.165) is 11.6 Å². The molecule has 0 fully saturated rings.